The van der Waals surface area contributed by atoms with E-state index in [1.54, 1.807) is 19.1 Å². The third-order valence-electron chi connectivity index (χ3n) is 2.23. The minimum atomic E-state index is -1.33. The Labute approximate surface area is 129 Å². The molecule has 5 nitrogen and oxygen atoms in total. The molecule has 20 heavy (non-hydrogen) atoms. The molecule has 0 saturated heterocycles. The summed E-state index contributed by atoms with van der Waals surface area (Å²) in [7, 11) is 0. The minimum Gasteiger partial charge on any atom is -0.544 e. The van der Waals surface area contributed by atoms with E-state index < -0.39 is 5.97 Å². The highest BCUT2D eigenvalue weighted by Gasteiger charge is 2.08. The predicted molar refractivity (Wildman–Crippen MR) is 76.4 cm³/mol. The quantitative estimate of drug-likeness (QED) is 0.687. The summed E-state index contributed by atoms with van der Waals surface area (Å²) in [6.07, 6.45) is 1.39. The largest absolute Gasteiger partial charge is 0.544 e. The fraction of sp³-hybridized carbons (Fsp3) is 0.0833. The highest BCUT2D eigenvalue weighted by atomic mass is 35.5. The molecule has 0 unspecified atom stereocenters. The first-order chi connectivity index (χ1) is 9.45. The fourth-order valence-corrected chi connectivity index (χ4v) is 2.56. The number of aliphatic carboxylic acids is 1. The number of aryl methyl sites for hydroxylation is 1. The van der Waals surface area contributed by atoms with Gasteiger partial charge >= 0.3 is 0 Å². The highest BCUT2D eigenvalue weighted by molar-refractivity contribution is 8.04. The van der Waals surface area contributed by atoms with Gasteiger partial charge in [-0.15, -0.1) is 5.10 Å². The van der Waals surface area contributed by atoms with Crippen LogP contribution in [0.4, 0.5) is 0 Å². The number of benzene rings is 1. The van der Waals surface area contributed by atoms with Crippen molar-refractivity contribution < 1.29 is 9.90 Å². The van der Waals surface area contributed by atoms with Crippen LogP contribution in [0.1, 0.15) is 11.4 Å². The molecule has 2 aromatic rings. The lowest BCUT2D eigenvalue weighted by Gasteiger charge is -2.07. The number of hydrogen-bond donors (Lipinski definition) is 1. The molecule has 1 N–H and O–H groups in total. The van der Waals surface area contributed by atoms with E-state index in [4.69, 9.17) is 23.2 Å². The number of hydrogen-bond acceptors (Lipinski definition) is 5. The van der Waals surface area contributed by atoms with Crippen molar-refractivity contribution in [3.8, 4) is 0 Å². The number of carboxylic acids is 1. The smallest absolute Gasteiger partial charge is 0.213 e. The van der Waals surface area contributed by atoms with Crippen molar-refractivity contribution in [2.24, 2.45) is 0 Å². The van der Waals surface area contributed by atoms with E-state index in [1.165, 1.54) is 12.1 Å². The molecule has 1 heterocycles. The van der Waals surface area contributed by atoms with Crippen molar-refractivity contribution in [2.75, 3.05) is 0 Å². The summed E-state index contributed by atoms with van der Waals surface area (Å²) in [4.78, 5) is 15.1. The van der Waals surface area contributed by atoms with E-state index in [0.29, 0.717) is 26.6 Å². The Morgan fingerprint density at radius 3 is 2.75 bits per heavy atom. The summed E-state index contributed by atoms with van der Waals surface area (Å²) >= 11 is 12.7. The maximum Gasteiger partial charge on any atom is 0.213 e. The maximum atomic E-state index is 11.2. The van der Waals surface area contributed by atoms with Crippen LogP contribution in [0, 0.1) is 6.92 Å². The Bertz CT molecular complexity index is 685. The third kappa shape index (κ3) is 3.75. The Hall–Kier alpha value is -1.50. The number of carbonyl (C=O) groups is 1. The van der Waals surface area contributed by atoms with Crippen LogP contribution in [-0.2, 0) is 4.79 Å². The van der Waals surface area contributed by atoms with Gasteiger partial charge < -0.3 is 9.90 Å². The zero-order chi connectivity index (χ0) is 14.7. The lowest BCUT2D eigenvalue weighted by atomic mass is 10.2. The summed E-state index contributed by atoms with van der Waals surface area (Å²) in [6.45, 7) is 1.72. The zero-order valence-electron chi connectivity index (χ0n) is 10.2. The van der Waals surface area contributed by atoms with Gasteiger partial charge in [0.05, 0.1) is 5.97 Å². The van der Waals surface area contributed by atoms with Crippen molar-refractivity contribution in [3.05, 3.63) is 44.5 Å². The molecule has 1 aromatic carbocycles. The van der Waals surface area contributed by atoms with Crippen molar-refractivity contribution in [2.45, 2.75) is 12.1 Å². The standard InChI is InChI=1S/C12H9Cl2N3O2S/c1-6-15-12(17-16-6)20-10(11(18)19)4-7-2-3-8(13)5-9(7)14/h2-5H,1H3,(H,18,19)(H,15,16,17)/p-1/b10-4-. The van der Waals surface area contributed by atoms with Gasteiger partial charge in [-0.05, 0) is 42.5 Å². The maximum absolute atomic E-state index is 11.2. The average molecular weight is 329 g/mol. The number of aromatic amines is 1. The van der Waals surface area contributed by atoms with Gasteiger partial charge in [0.25, 0.3) is 0 Å². The monoisotopic (exact) mass is 328 g/mol. The number of nitrogens with one attached hydrogen (secondary N) is 1. The van der Waals surface area contributed by atoms with Crippen LogP contribution in [0.3, 0.4) is 0 Å². The van der Waals surface area contributed by atoms with Crippen LogP contribution in [0.5, 0.6) is 0 Å². The van der Waals surface area contributed by atoms with E-state index in [9.17, 15) is 9.90 Å². The number of thioether (sulfide) groups is 1. The van der Waals surface area contributed by atoms with Crippen LogP contribution >= 0.6 is 35.0 Å². The number of H-pyrrole nitrogens is 1. The second kappa shape index (κ2) is 6.30. The molecule has 0 bridgehead atoms. The van der Waals surface area contributed by atoms with Crippen LogP contribution in [-0.4, -0.2) is 21.2 Å². The van der Waals surface area contributed by atoms with Gasteiger partial charge in [-0.25, -0.2) is 4.98 Å². The molecule has 0 atom stereocenters. The molecular weight excluding hydrogens is 321 g/mol. The first kappa shape index (κ1) is 14.9. The van der Waals surface area contributed by atoms with Gasteiger partial charge in [0.1, 0.15) is 5.82 Å². The van der Waals surface area contributed by atoms with Gasteiger partial charge in [0.2, 0.25) is 5.16 Å². The van der Waals surface area contributed by atoms with Crippen LogP contribution < -0.4 is 5.11 Å². The molecule has 8 heteroatoms. The fourth-order valence-electron chi connectivity index (χ4n) is 1.36. The summed E-state index contributed by atoms with van der Waals surface area (Å²) in [5.74, 6) is -0.738. The molecule has 0 aliphatic heterocycles. The second-order valence-corrected chi connectivity index (χ2v) is 5.62. The summed E-state index contributed by atoms with van der Waals surface area (Å²) in [6, 6.07) is 4.77. The number of rotatable bonds is 4. The topological polar surface area (TPSA) is 81.7 Å². The van der Waals surface area contributed by atoms with E-state index in [2.05, 4.69) is 15.2 Å². The van der Waals surface area contributed by atoms with Gasteiger partial charge in [0.15, 0.2) is 0 Å². The van der Waals surface area contributed by atoms with E-state index in [-0.39, 0.29) is 4.91 Å². The number of carbonyl (C=O) groups excluding carboxylic acids is 1. The van der Waals surface area contributed by atoms with Crippen LogP contribution in [0.25, 0.3) is 6.08 Å². The Kier molecular flexibility index (Phi) is 4.69. The number of aromatic nitrogens is 3. The van der Waals surface area contributed by atoms with Gasteiger partial charge in [-0.3, -0.25) is 5.10 Å². The highest BCUT2D eigenvalue weighted by Crippen LogP contribution is 2.28. The van der Waals surface area contributed by atoms with Crippen molar-refractivity contribution in [3.63, 3.8) is 0 Å². The minimum absolute atomic E-state index is 0.0479. The lowest BCUT2D eigenvalue weighted by Crippen LogP contribution is -2.23. The molecule has 0 aliphatic rings. The van der Waals surface area contributed by atoms with Gasteiger partial charge in [0, 0.05) is 15.0 Å². The van der Waals surface area contributed by atoms with Crippen molar-refractivity contribution in [1.82, 2.24) is 15.2 Å². The molecule has 2 rings (SSSR count). The summed E-state index contributed by atoms with van der Waals surface area (Å²) < 4.78 is 0. The van der Waals surface area contributed by atoms with E-state index in [0.717, 1.165) is 11.8 Å². The Morgan fingerprint density at radius 1 is 1.45 bits per heavy atom. The molecule has 0 amide bonds. The van der Waals surface area contributed by atoms with Crippen LogP contribution in [0.2, 0.25) is 10.0 Å². The number of halogens is 2. The van der Waals surface area contributed by atoms with Crippen molar-refractivity contribution >= 4 is 47.0 Å². The number of carboxylic acid groups (broad SMARTS) is 1. The van der Waals surface area contributed by atoms with Gasteiger partial charge in [-0.2, -0.15) is 0 Å². The van der Waals surface area contributed by atoms with E-state index in [1.807, 2.05) is 0 Å². The molecule has 104 valence electrons. The van der Waals surface area contributed by atoms with Gasteiger partial charge in [-0.1, -0.05) is 29.3 Å². The third-order valence-corrected chi connectivity index (χ3v) is 3.66. The first-order valence-electron chi connectivity index (χ1n) is 5.40. The molecule has 0 saturated carbocycles. The Morgan fingerprint density at radius 2 is 2.20 bits per heavy atom. The Balaban J connectivity index is 2.32. The molecule has 1 aromatic heterocycles. The SMILES string of the molecule is Cc1nc(S/C(=C\c2ccc(Cl)cc2Cl)C(=O)[O-])n[nH]1. The van der Waals surface area contributed by atoms with Crippen molar-refractivity contribution in [1.29, 1.82) is 0 Å². The molecule has 0 aliphatic carbocycles. The first-order valence-corrected chi connectivity index (χ1v) is 6.98. The predicted octanol–water partition coefficient (Wildman–Crippen LogP) is 2.30. The summed E-state index contributed by atoms with van der Waals surface area (Å²) in [5.41, 5.74) is 0.523. The summed E-state index contributed by atoms with van der Waals surface area (Å²) in [5, 5.41) is 18.8. The molecular formula is C12H8Cl2N3O2S-. The average Bonchev–Trinajstić information content (AvgIpc) is 2.77. The van der Waals surface area contributed by atoms with E-state index >= 15 is 0 Å². The van der Waals surface area contributed by atoms with Crippen LogP contribution in [0.15, 0.2) is 28.3 Å². The zero-order valence-corrected chi connectivity index (χ0v) is 12.5. The molecule has 0 spiro atoms. The second-order valence-electron chi connectivity index (χ2n) is 3.77. The lowest BCUT2D eigenvalue weighted by molar-refractivity contribution is -0.297. The number of nitrogens with zero attached hydrogens (tertiary/aromatic N) is 2. The molecule has 0 fully saturated rings. The normalized spacial score (nSPS) is 11.7. The molecule has 0 radical (unpaired) electrons.